The number of amides is 1. The lowest BCUT2D eigenvalue weighted by Gasteiger charge is -2.24. The van der Waals surface area contributed by atoms with Crippen LogP contribution < -0.4 is 5.32 Å². The molecule has 0 saturated carbocycles. The normalized spacial score (nSPS) is 24.4. The van der Waals surface area contributed by atoms with E-state index in [9.17, 15) is 4.79 Å². The van der Waals surface area contributed by atoms with Gasteiger partial charge in [-0.25, -0.2) is 0 Å². The van der Waals surface area contributed by atoms with Gasteiger partial charge in [0.05, 0.1) is 5.75 Å². The van der Waals surface area contributed by atoms with Crippen LogP contribution in [0.25, 0.3) is 0 Å². The van der Waals surface area contributed by atoms with Crippen molar-refractivity contribution in [2.75, 3.05) is 18.8 Å². The Labute approximate surface area is 145 Å². The lowest BCUT2D eigenvalue weighted by molar-refractivity contribution is -0.128. The molecule has 0 spiro atoms. The summed E-state index contributed by atoms with van der Waals surface area (Å²) in [5.41, 5.74) is 2.45. The second kappa shape index (κ2) is 6.93. The van der Waals surface area contributed by atoms with Crippen LogP contribution in [0.1, 0.15) is 30.4 Å². The van der Waals surface area contributed by atoms with E-state index in [1.807, 2.05) is 0 Å². The zero-order chi connectivity index (χ0) is 15.7. The van der Waals surface area contributed by atoms with Crippen molar-refractivity contribution in [3.63, 3.8) is 0 Å². The Kier molecular flexibility index (Phi) is 5.15. The molecule has 120 valence electrons. The van der Waals surface area contributed by atoms with Gasteiger partial charge in [0.1, 0.15) is 0 Å². The third-order valence-electron chi connectivity index (χ3n) is 4.68. The van der Waals surface area contributed by atoms with Crippen molar-refractivity contribution >= 4 is 33.6 Å². The van der Waals surface area contributed by atoms with Crippen molar-refractivity contribution in [3.8, 4) is 0 Å². The van der Waals surface area contributed by atoms with Gasteiger partial charge in [0.25, 0.3) is 0 Å². The largest absolute Gasteiger partial charge is 0.340 e. The van der Waals surface area contributed by atoms with Gasteiger partial charge in [-0.1, -0.05) is 15.9 Å². The highest BCUT2D eigenvalue weighted by atomic mass is 79.9. The first-order chi connectivity index (χ1) is 10.5. The van der Waals surface area contributed by atoms with E-state index in [4.69, 9.17) is 0 Å². The minimum absolute atomic E-state index is 0.277. The Balaban J connectivity index is 1.59. The summed E-state index contributed by atoms with van der Waals surface area (Å²) in [5, 5.41) is 3.63. The van der Waals surface area contributed by atoms with Crippen LogP contribution in [0.2, 0.25) is 0 Å². The molecule has 2 atom stereocenters. The smallest absolute Gasteiger partial charge is 0.232 e. The number of hydrogen-bond acceptors (Lipinski definition) is 3. The average Bonchev–Trinajstić information content (AvgIpc) is 2.80. The molecular weight excluding hydrogens is 360 g/mol. The molecule has 2 fully saturated rings. The highest BCUT2D eigenvalue weighted by Crippen LogP contribution is 2.29. The molecule has 2 aliphatic rings. The third-order valence-corrected chi connectivity index (χ3v) is 6.68. The summed E-state index contributed by atoms with van der Waals surface area (Å²) in [4.78, 5) is 15.8. The quantitative estimate of drug-likeness (QED) is 0.811. The van der Waals surface area contributed by atoms with Crippen LogP contribution in [0.15, 0.2) is 21.5 Å². The van der Waals surface area contributed by atoms with Gasteiger partial charge in [-0.2, -0.15) is 0 Å². The van der Waals surface area contributed by atoms with Crippen molar-refractivity contribution < 1.29 is 4.79 Å². The standard InChI is InChI=1S/C17H23BrN2OS/c1-11-8-16(12(2)7-15(11)18)22-10-17(21)20-6-5-13-3-4-14(9-20)19-13/h7-8,13-14,19H,3-6,9-10H2,1-2H3. The number of nitrogens with zero attached hydrogens (tertiary/aromatic N) is 1. The van der Waals surface area contributed by atoms with E-state index in [2.05, 4.69) is 52.1 Å². The molecule has 1 amide bonds. The van der Waals surface area contributed by atoms with Crippen LogP contribution in [0.3, 0.4) is 0 Å². The molecule has 3 nitrogen and oxygen atoms in total. The zero-order valence-corrected chi connectivity index (χ0v) is 15.6. The predicted molar refractivity (Wildman–Crippen MR) is 95.5 cm³/mol. The summed E-state index contributed by atoms with van der Waals surface area (Å²) in [6.07, 6.45) is 3.59. The van der Waals surface area contributed by atoms with E-state index in [-0.39, 0.29) is 5.91 Å². The van der Waals surface area contributed by atoms with Crippen LogP contribution in [0, 0.1) is 13.8 Å². The number of nitrogens with one attached hydrogen (secondary N) is 1. The number of carbonyl (C=O) groups is 1. The fourth-order valence-corrected chi connectivity index (χ4v) is 4.78. The summed E-state index contributed by atoms with van der Waals surface area (Å²) in [6, 6.07) is 5.45. The molecule has 2 bridgehead atoms. The van der Waals surface area contributed by atoms with Gasteiger partial charge in [0, 0.05) is 34.5 Å². The topological polar surface area (TPSA) is 32.3 Å². The molecule has 2 heterocycles. The third kappa shape index (κ3) is 3.69. The summed E-state index contributed by atoms with van der Waals surface area (Å²) in [5.74, 6) is 0.818. The van der Waals surface area contributed by atoms with Crippen LogP contribution in [-0.2, 0) is 4.79 Å². The Morgan fingerprint density at radius 2 is 2.05 bits per heavy atom. The van der Waals surface area contributed by atoms with Gasteiger partial charge in [0.15, 0.2) is 0 Å². The molecule has 3 rings (SSSR count). The minimum Gasteiger partial charge on any atom is -0.340 e. The highest BCUT2D eigenvalue weighted by molar-refractivity contribution is 9.10. The number of benzene rings is 1. The number of aryl methyl sites for hydroxylation is 2. The Bertz CT molecular complexity index is 578. The van der Waals surface area contributed by atoms with Crippen molar-refractivity contribution in [2.24, 2.45) is 0 Å². The number of halogens is 1. The molecule has 2 saturated heterocycles. The lowest BCUT2D eigenvalue weighted by Crippen LogP contribution is -2.39. The van der Waals surface area contributed by atoms with Crippen LogP contribution >= 0.6 is 27.7 Å². The fourth-order valence-electron chi connectivity index (χ4n) is 3.31. The molecule has 0 aliphatic carbocycles. The maximum Gasteiger partial charge on any atom is 0.232 e. The van der Waals surface area contributed by atoms with Gasteiger partial charge < -0.3 is 10.2 Å². The SMILES string of the molecule is Cc1cc(SCC(=O)N2CCC3CCC(C2)N3)c(C)cc1Br. The molecule has 1 N–H and O–H groups in total. The van der Waals surface area contributed by atoms with E-state index in [0.29, 0.717) is 17.8 Å². The van der Waals surface area contributed by atoms with Gasteiger partial charge in [-0.05, 0) is 56.4 Å². The summed E-state index contributed by atoms with van der Waals surface area (Å²) in [7, 11) is 0. The van der Waals surface area contributed by atoms with E-state index >= 15 is 0 Å². The molecule has 0 radical (unpaired) electrons. The molecule has 1 aromatic carbocycles. The molecule has 5 heteroatoms. The maximum atomic E-state index is 12.5. The number of carbonyl (C=O) groups excluding carboxylic acids is 1. The van der Waals surface area contributed by atoms with Crippen molar-refractivity contribution in [2.45, 2.75) is 50.1 Å². The highest BCUT2D eigenvalue weighted by Gasteiger charge is 2.30. The van der Waals surface area contributed by atoms with Crippen LogP contribution in [0.5, 0.6) is 0 Å². The molecule has 22 heavy (non-hydrogen) atoms. The monoisotopic (exact) mass is 382 g/mol. The Morgan fingerprint density at radius 3 is 2.86 bits per heavy atom. The van der Waals surface area contributed by atoms with Crippen molar-refractivity contribution in [3.05, 3.63) is 27.7 Å². The van der Waals surface area contributed by atoms with E-state index in [1.54, 1.807) is 11.8 Å². The fraction of sp³-hybridized carbons (Fsp3) is 0.588. The van der Waals surface area contributed by atoms with Gasteiger partial charge in [-0.15, -0.1) is 11.8 Å². The Morgan fingerprint density at radius 1 is 1.27 bits per heavy atom. The van der Waals surface area contributed by atoms with Gasteiger partial charge >= 0.3 is 0 Å². The summed E-state index contributed by atoms with van der Waals surface area (Å²) in [6.45, 7) is 5.98. The Hall–Kier alpha value is -0.520. The number of fused-ring (bicyclic) bond motifs is 2. The van der Waals surface area contributed by atoms with E-state index < -0.39 is 0 Å². The zero-order valence-electron chi connectivity index (χ0n) is 13.2. The van der Waals surface area contributed by atoms with Crippen molar-refractivity contribution in [1.29, 1.82) is 0 Å². The molecule has 0 aromatic heterocycles. The van der Waals surface area contributed by atoms with Gasteiger partial charge in [0.2, 0.25) is 5.91 Å². The first-order valence-corrected chi connectivity index (χ1v) is 9.74. The molecule has 2 unspecified atom stereocenters. The number of hydrogen-bond donors (Lipinski definition) is 1. The first-order valence-electron chi connectivity index (χ1n) is 7.96. The van der Waals surface area contributed by atoms with E-state index in [1.165, 1.54) is 28.9 Å². The summed E-state index contributed by atoms with van der Waals surface area (Å²) < 4.78 is 1.13. The van der Waals surface area contributed by atoms with E-state index in [0.717, 1.165) is 24.0 Å². The van der Waals surface area contributed by atoms with Crippen LogP contribution in [0.4, 0.5) is 0 Å². The second-order valence-electron chi connectivity index (χ2n) is 6.42. The van der Waals surface area contributed by atoms with Crippen molar-refractivity contribution in [1.82, 2.24) is 10.2 Å². The molecular formula is C17H23BrN2OS. The molecule has 1 aromatic rings. The van der Waals surface area contributed by atoms with Crippen LogP contribution in [-0.4, -0.2) is 41.7 Å². The second-order valence-corrected chi connectivity index (χ2v) is 8.29. The number of rotatable bonds is 3. The summed E-state index contributed by atoms with van der Waals surface area (Å²) >= 11 is 5.22. The maximum absolute atomic E-state index is 12.5. The first kappa shape index (κ1) is 16.3. The number of thioether (sulfide) groups is 1. The lowest BCUT2D eigenvalue weighted by atomic mass is 10.1. The predicted octanol–water partition coefficient (Wildman–Crippen LogP) is 3.51. The minimum atomic E-state index is 0.277. The molecule has 2 aliphatic heterocycles. The average molecular weight is 383 g/mol. The number of likely N-dealkylation sites (tertiary alicyclic amines) is 1. The van der Waals surface area contributed by atoms with Gasteiger partial charge in [-0.3, -0.25) is 4.79 Å².